The average molecular weight is 388 g/mol. The van der Waals surface area contributed by atoms with Crippen LogP contribution in [0.15, 0.2) is 42.5 Å². The average Bonchev–Trinajstić information content (AvgIpc) is 3.13. The molecule has 1 aliphatic heterocycles. The lowest BCUT2D eigenvalue weighted by Gasteiger charge is -2.05. The number of hydrogen-bond acceptors (Lipinski definition) is 7. The molecule has 0 aliphatic carbocycles. The van der Waals surface area contributed by atoms with Crippen molar-refractivity contribution in [3.63, 3.8) is 0 Å². The number of nitro groups is 1. The first-order valence-electron chi connectivity index (χ1n) is 7.90. The fourth-order valence-corrected chi connectivity index (χ4v) is 2.31. The summed E-state index contributed by atoms with van der Waals surface area (Å²) in [5.41, 5.74) is 0.179. The second-order valence-electron chi connectivity index (χ2n) is 5.52. The topological polar surface area (TPSA) is 117 Å². The summed E-state index contributed by atoms with van der Waals surface area (Å²) < 4.78 is 27.8. The molecule has 1 aliphatic rings. The van der Waals surface area contributed by atoms with Crippen LogP contribution in [0, 0.1) is 15.9 Å². The number of hydrogen-bond donors (Lipinski definition) is 1. The Morgan fingerprint density at radius 2 is 1.89 bits per heavy atom. The number of anilines is 1. The van der Waals surface area contributed by atoms with Crippen LogP contribution in [-0.4, -0.2) is 30.2 Å². The highest BCUT2D eigenvalue weighted by molar-refractivity contribution is 5.94. The second kappa shape index (κ2) is 8.16. The number of amides is 1. The van der Waals surface area contributed by atoms with E-state index in [1.54, 1.807) is 0 Å². The zero-order chi connectivity index (χ0) is 20.1. The molecule has 0 radical (unpaired) electrons. The molecule has 2 aromatic rings. The van der Waals surface area contributed by atoms with Crippen molar-refractivity contribution in [3.05, 3.63) is 64.0 Å². The number of nitrogens with one attached hydrogen (secondary N) is 1. The van der Waals surface area contributed by atoms with Crippen LogP contribution in [0.1, 0.15) is 5.56 Å². The maximum atomic E-state index is 12.8. The van der Waals surface area contributed by atoms with E-state index >= 15 is 0 Å². The molecule has 10 heteroatoms. The van der Waals surface area contributed by atoms with E-state index in [0.29, 0.717) is 11.4 Å². The predicted molar refractivity (Wildman–Crippen MR) is 94.2 cm³/mol. The van der Waals surface area contributed by atoms with E-state index in [1.165, 1.54) is 42.5 Å². The quantitative estimate of drug-likeness (QED) is 0.350. The van der Waals surface area contributed by atoms with Crippen LogP contribution in [0.4, 0.5) is 15.8 Å². The minimum atomic E-state index is -0.874. The van der Waals surface area contributed by atoms with E-state index in [4.69, 9.17) is 14.2 Å². The number of carbonyl (C=O) groups is 2. The van der Waals surface area contributed by atoms with Crippen LogP contribution < -0.4 is 14.8 Å². The van der Waals surface area contributed by atoms with Gasteiger partial charge in [0.25, 0.3) is 11.6 Å². The van der Waals surface area contributed by atoms with Gasteiger partial charge in [-0.1, -0.05) is 0 Å². The summed E-state index contributed by atoms with van der Waals surface area (Å²) in [6.45, 7) is -0.630. The summed E-state index contributed by atoms with van der Waals surface area (Å²) in [6, 6.07) is 7.61. The van der Waals surface area contributed by atoms with Gasteiger partial charge >= 0.3 is 5.97 Å². The molecule has 2 aromatic carbocycles. The summed E-state index contributed by atoms with van der Waals surface area (Å²) in [5, 5.41) is 13.6. The number of benzene rings is 2. The Hall–Kier alpha value is -3.95. The number of ether oxygens (including phenoxy) is 3. The number of rotatable bonds is 6. The number of nitrogens with zero attached hydrogens (tertiary/aromatic N) is 1. The number of nitro benzene ring substituents is 1. The molecule has 0 atom stereocenters. The summed E-state index contributed by atoms with van der Waals surface area (Å²) in [7, 11) is 0. The van der Waals surface area contributed by atoms with Crippen LogP contribution in [-0.2, 0) is 14.3 Å². The molecular formula is C18H13FN2O7. The van der Waals surface area contributed by atoms with E-state index in [9.17, 15) is 24.1 Å². The monoisotopic (exact) mass is 388 g/mol. The molecule has 0 spiro atoms. The smallest absolute Gasteiger partial charge is 0.331 e. The van der Waals surface area contributed by atoms with Gasteiger partial charge in [-0.25, -0.2) is 9.18 Å². The van der Waals surface area contributed by atoms with Gasteiger partial charge in [0.05, 0.1) is 16.6 Å². The van der Waals surface area contributed by atoms with Gasteiger partial charge in [0.1, 0.15) is 5.82 Å². The lowest BCUT2D eigenvalue weighted by molar-refractivity contribution is -0.385. The predicted octanol–water partition coefficient (Wildman–Crippen LogP) is 2.66. The normalized spacial score (nSPS) is 12.0. The minimum absolute atomic E-state index is 0.0507. The highest BCUT2D eigenvalue weighted by Crippen LogP contribution is 2.38. The lowest BCUT2D eigenvalue weighted by atomic mass is 10.1. The van der Waals surface area contributed by atoms with Gasteiger partial charge in [0.2, 0.25) is 6.79 Å². The van der Waals surface area contributed by atoms with Gasteiger partial charge in [0.15, 0.2) is 18.1 Å². The summed E-state index contributed by atoms with van der Waals surface area (Å²) in [6.07, 6.45) is 2.13. The van der Waals surface area contributed by atoms with Gasteiger partial charge in [0, 0.05) is 11.8 Å². The molecule has 0 aromatic heterocycles. The van der Waals surface area contributed by atoms with Crippen molar-refractivity contribution in [2.75, 3.05) is 18.7 Å². The number of fused-ring (bicyclic) bond motifs is 1. The Labute approximate surface area is 157 Å². The fourth-order valence-electron chi connectivity index (χ4n) is 2.31. The summed E-state index contributed by atoms with van der Waals surface area (Å²) in [4.78, 5) is 34.0. The molecule has 28 heavy (non-hydrogen) atoms. The highest BCUT2D eigenvalue weighted by atomic mass is 19.1. The van der Waals surface area contributed by atoms with E-state index in [2.05, 4.69) is 5.32 Å². The fraction of sp³-hybridized carbons (Fsp3) is 0.111. The van der Waals surface area contributed by atoms with Gasteiger partial charge in [-0.2, -0.15) is 0 Å². The van der Waals surface area contributed by atoms with Crippen LogP contribution in [0.5, 0.6) is 11.5 Å². The third-order valence-electron chi connectivity index (χ3n) is 3.59. The number of esters is 1. The molecule has 0 fully saturated rings. The first kappa shape index (κ1) is 18.8. The second-order valence-corrected chi connectivity index (χ2v) is 5.52. The van der Waals surface area contributed by atoms with Crippen molar-refractivity contribution < 1.29 is 33.1 Å². The van der Waals surface area contributed by atoms with Crippen molar-refractivity contribution in [2.24, 2.45) is 0 Å². The Bertz CT molecular complexity index is 957. The zero-order valence-electron chi connectivity index (χ0n) is 14.2. The molecule has 9 nitrogen and oxygen atoms in total. The van der Waals surface area contributed by atoms with Crippen LogP contribution >= 0.6 is 0 Å². The van der Waals surface area contributed by atoms with E-state index < -0.39 is 29.2 Å². The van der Waals surface area contributed by atoms with Gasteiger partial charge in [-0.05, 0) is 36.4 Å². The maximum absolute atomic E-state index is 12.8. The largest absolute Gasteiger partial charge is 0.454 e. The van der Waals surface area contributed by atoms with Gasteiger partial charge < -0.3 is 19.5 Å². The van der Waals surface area contributed by atoms with Crippen molar-refractivity contribution in [3.8, 4) is 11.5 Å². The first-order chi connectivity index (χ1) is 13.4. The van der Waals surface area contributed by atoms with Crippen molar-refractivity contribution >= 4 is 29.3 Å². The molecule has 0 unspecified atom stereocenters. The van der Waals surface area contributed by atoms with E-state index in [0.717, 1.165) is 6.08 Å². The lowest BCUT2D eigenvalue weighted by Crippen LogP contribution is -2.20. The third-order valence-corrected chi connectivity index (χ3v) is 3.59. The Morgan fingerprint density at radius 3 is 2.57 bits per heavy atom. The standard InChI is InChI=1S/C18H13FN2O7/c19-12-2-4-13(5-3-12)20-17(22)9-26-18(23)6-1-11-7-15-16(28-10-27-15)8-14(11)21(24)25/h1-8H,9-10H2,(H,20,22)/b6-1+. The zero-order valence-corrected chi connectivity index (χ0v) is 14.2. The Balaban J connectivity index is 1.58. The summed E-state index contributed by atoms with van der Waals surface area (Å²) in [5.74, 6) is -1.39. The Kier molecular flexibility index (Phi) is 5.49. The van der Waals surface area contributed by atoms with Gasteiger partial charge in [-0.15, -0.1) is 0 Å². The van der Waals surface area contributed by atoms with Crippen LogP contribution in [0.25, 0.3) is 6.08 Å². The van der Waals surface area contributed by atoms with Crippen LogP contribution in [0.3, 0.4) is 0 Å². The minimum Gasteiger partial charge on any atom is -0.454 e. The SMILES string of the molecule is O=C(COC(=O)/C=C/c1cc2c(cc1[N+](=O)[O-])OCO2)Nc1ccc(F)cc1. The van der Waals surface area contributed by atoms with E-state index in [1.807, 2.05) is 0 Å². The molecular weight excluding hydrogens is 375 g/mol. The maximum Gasteiger partial charge on any atom is 0.331 e. The molecule has 1 heterocycles. The molecule has 3 rings (SSSR count). The molecule has 0 saturated carbocycles. The Morgan fingerprint density at radius 1 is 1.21 bits per heavy atom. The molecule has 0 saturated heterocycles. The number of halogens is 1. The highest BCUT2D eigenvalue weighted by Gasteiger charge is 2.22. The first-order valence-corrected chi connectivity index (χ1v) is 7.90. The van der Waals surface area contributed by atoms with Crippen molar-refractivity contribution in [1.29, 1.82) is 0 Å². The van der Waals surface area contributed by atoms with Crippen molar-refractivity contribution in [2.45, 2.75) is 0 Å². The summed E-state index contributed by atoms with van der Waals surface area (Å²) >= 11 is 0. The molecule has 1 amide bonds. The number of carbonyl (C=O) groups excluding carboxylic acids is 2. The van der Waals surface area contributed by atoms with E-state index in [-0.39, 0.29) is 23.8 Å². The third kappa shape index (κ3) is 4.61. The van der Waals surface area contributed by atoms with Crippen molar-refractivity contribution in [1.82, 2.24) is 0 Å². The molecule has 1 N–H and O–H groups in total. The van der Waals surface area contributed by atoms with Gasteiger partial charge in [-0.3, -0.25) is 14.9 Å². The molecule has 144 valence electrons. The molecule has 0 bridgehead atoms. The van der Waals surface area contributed by atoms with Crippen LogP contribution in [0.2, 0.25) is 0 Å².